The van der Waals surface area contributed by atoms with Crippen molar-refractivity contribution in [3.05, 3.63) is 12.2 Å². The van der Waals surface area contributed by atoms with E-state index in [1.807, 2.05) is 0 Å². The second-order valence-electron chi connectivity index (χ2n) is 2.77. The van der Waals surface area contributed by atoms with Gasteiger partial charge in [-0.3, -0.25) is 4.79 Å². The van der Waals surface area contributed by atoms with Crippen molar-refractivity contribution in [2.75, 3.05) is 6.54 Å². The van der Waals surface area contributed by atoms with Crippen molar-refractivity contribution in [2.24, 2.45) is 0 Å². The summed E-state index contributed by atoms with van der Waals surface area (Å²) in [5, 5.41) is 0. The Morgan fingerprint density at radius 3 is 2.64 bits per heavy atom. The van der Waals surface area contributed by atoms with E-state index < -0.39 is 0 Å². The molecule has 1 unspecified atom stereocenters. The van der Waals surface area contributed by atoms with Gasteiger partial charge in [0.05, 0.1) is 6.04 Å². The second-order valence-corrected chi connectivity index (χ2v) is 2.77. The van der Waals surface area contributed by atoms with Crippen LogP contribution in [0.1, 0.15) is 13.3 Å². The Hall–Kier alpha value is -1.12. The van der Waals surface area contributed by atoms with Gasteiger partial charge in [-0.15, -0.1) is 0 Å². The van der Waals surface area contributed by atoms with Gasteiger partial charge < -0.3 is 9.69 Å². The summed E-state index contributed by atoms with van der Waals surface area (Å²) in [7, 11) is 0. The standard InChI is InChI=1S/C8H11NO2/c1-6(2)8(11)9-4-3-7(9)5-10/h5,7H,1,3-4H2,2H3. The van der Waals surface area contributed by atoms with Crippen LogP contribution in [0.5, 0.6) is 0 Å². The molecule has 1 aliphatic rings. The third-order valence-corrected chi connectivity index (χ3v) is 1.85. The zero-order valence-corrected chi connectivity index (χ0v) is 6.54. The fourth-order valence-corrected chi connectivity index (χ4v) is 1.05. The maximum Gasteiger partial charge on any atom is 0.249 e. The van der Waals surface area contributed by atoms with Gasteiger partial charge in [-0.25, -0.2) is 0 Å². The zero-order valence-electron chi connectivity index (χ0n) is 6.54. The van der Waals surface area contributed by atoms with Crippen molar-refractivity contribution in [3.63, 3.8) is 0 Å². The molecule has 1 fully saturated rings. The number of nitrogens with zero attached hydrogens (tertiary/aromatic N) is 1. The van der Waals surface area contributed by atoms with Gasteiger partial charge in [-0.1, -0.05) is 6.58 Å². The molecular weight excluding hydrogens is 142 g/mol. The van der Waals surface area contributed by atoms with Gasteiger partial charge in [-0.05, 0) is 13.3 Å². The Kier molecular flexibility index (Phi) is 2.08. The van der Waals surface area contributed by atoms with Crippen LogP contribution in [0.25, 0.3) is 0 Å². The summed E-state index contributed by atoms with van der Waals surface area (Å²) in [5.74, 6) is -0.103. The summed E-state index contributed by atoms with van der Waals surface area (Å²) in [6.45, 7) is 5.86. The number of carbonyl (C=O) groups is 2. The van der Waals surface area contributed by atoms with Crippen LogP contribution in [-0.2, 0) is 9.59 Å². The Labute approximate surface area is 65.7 Å². The molecule has 11 heavy (non-hydrogen) atoms. The lowest BCUT2D eigenvalue weighted by molar-refractivity contribution is -0.138. The van der Waals surface area contributed by atoms with Crippen LogP contribution in [0.2, 0.25) is 0 Å². The lowest BCUT2D eigenvalue weighted by Crippen LogP contribution is -2.52. The number of rotatable bonds is 2. The molecule has 0 radical (unpaired) electrons. The number of likely N-dealkylation sites (tertiary alicyclic amines) is 1. The van der Waals surface area contributed by atoms with Gasteiger partial charge in [0.25, 0.3) is 0 Å². The molecule has 3 heteroatoms. The Morgan fingerprint density at radius 2 is 2.36 bits per heavy atom. The van der Waals surface area contributed by atoms with Gasteiger partial charge >= 0.3 is 0 Å². The van der Waals surface area contributed by atoms with Crippen molar-refractivity contribution >= 4 is 12.2 Å². The maximum atomic E-state index is 11.2. The van der Waals surface area contributed by atoms with Crippen LogP contribution in [0.15, 0.2) is 12.2 Å². The van der Waals surface area contributed by atoms with Crippen molar-refractivity contribution in [3.8, 4) is 0 Å². The molecule has 3 nitrogen and oxygen atoms in total. The van der Waals surface area contributed by atoms with E-state index in [4.69, 9.17) is 0 Å². The molecule has 1 aliphatic heterocycles. The molecule has 1 heterocycles. The summed E-state index contributed by atoms with van der Waals surface area (Å²) < 4.78 is 0. The second kappa shape index (κ2) is 2.86. The molecule has 1 amide bonds. The fourth-order valence-electron chi connectivity index (χ4n) is 1.05. The van der Waals surface area contributed by atoms with E-state index in [9.17, 15) is 9.59 Å². The molecule has 0 aliphatic carbocycles. The van der Waals surface area contributed by atoms with Crippen LogP contribution in [0.4, 0.5) is 0 Å². The molecule has 60 valence electrons. The van der Waals surface area contributed by atoms with E-state index in [0.717, 1.165) is 12.7 Å². The smallest absolute Gasteiger partial charge is 0.249 e. The molecule has 0 spiro atoms. The molecule has 0 aromatic heterocycles. The summed E-state index contributed by atoms with van der Waals surface area (Å²) in [6, 6.07) is -0.195. The van der Waals surface area contributed by atoms with Crippen molar-refractivity contribution in [1.29, 1.82) is 0 Å². The molecule has 0 saturated carbocycles. The average molecular weight is 153 g/mol. The molecule has 0 aromatic rings. The van der Waals surface area contributed by atoms with Crippen molar-refractivity contribution in [1.82, 2.24) is 4.90 Å². The number of amides is 1. The minimum atomic E-state index is -0.195. The molecular formula is C8H11NO2. The van der Waals surface area contributed by atoms with E-state index in [2.05, 4.69) is 6.58 Å². The molecule has 1 rings (SSSR count). The van der Waals surface area contributed by atoms with E-state index in [-0.39, 0.29) is 11.9 Å². The van der Waals surface area contributed by atoms with E-state index in [1.54, 1.807) is 6.92 Å². The molecule has 0 aromatic carbocycles. The molecule has 0 N–H and O–H groups in total. The van der Waals surface area contributed by atoms with Gasteiger partial charge in [0.1, 0.15) is 6.29 Å². The molecule has 1 saturated heterocycles. The monoisotopic (exact) mass is 153 g/mol. The van der Waals surface area contributed by atoms with E-state index in [1.165, 1.54) is 4.90 Å². The highest BCUT2D eigenvalue weighted by Crippen LogP contribution is 2.17. The number of carbonyl (C=O) groups excluding carboxylic acids is 2. The summed E-state index contributed by atoms with van der Waals surface area (Å²) in [5.41, 5.74) is 0.497. The highest BCUT2D eigenvalue weighted by molar-refractivity contribution is 5.94. The Morgan fingerprint density at radius 1 is 1.73 bits per heavy atom. The summed E-state index contributed by atoms with van der Waals surface area (Å²) >= 11 is 0. The minimum absolute atomic E-state index is 0.103. The number of hydrogen-bond donors (Lipinski definition) is 0. The lowest BCUT2D eigenvalue weighted by Gasteiger charge is -2.37. The summed E-state index contributed by atoms with van der Waals surface area (Å²) in [4.78, 5) is 23.0. The maximum absolute atomic E-state index is 11.2. The largest absolute Gasteiger partial charge is 0.329 e. The number of hydrogen-bond acceptors (Lipinski definition) is 2. The third-order valence-electron chi connectivity index (χ3n) is 1.85. The fraction of sp³-hybridized carbons (Fsp3) is 0.500. The Bertz CT molecular complexity index is 210. The minimum Gasteiger partial charge on any atom is -0.329 e. The number of aldehydes is 1. The first kappa shape index (κ1) is 7.98. The Balaban J connectivity index is 2.55. The normalized spacial score (nSPS) is 22.3. The van der Waals surface area contributed by atoms with Crippen molar-refractivity contribution in [2.45, 2.75) is 19.4 Å². The first-order chi connectivity index (χ1) is 5.16. The summed E-state index contributed by atoms with van der Waals surface area (Å²) in [6.07, 6.45) is 1.60. The predicted molar refractivity (Wildman–Crippen MR) is 41.0 cm³/mol. The van der Waals surface area contributed by atoms with Gasteiger partial charge in [-0.2, -0.15) is 0 Å². The van der Waals surface area contributed by atoms with Crippen molar-refractivity contribution < 1.29 is 9.59 Å². The third kappa shape index (κ3) is 1.31. The van der Waals surface area contributed by atoms with Crippen LogP contribution in [0, 0.1) is 0 Å². The highest BCUT2D eigenvalue weighted by atomic mass is 16.2. The van der Waals surface area contributed by atoms with Crippen LogP contribution < -0.4 is 0 Å². The SMILES string of the molecule is C=C(C)C(=O)N1CCC1C=O. The van der Waals surface area contributed by atoms with Gasteiger partial charge in [0.2, 0.25) is 5.91 Å². The lowest BCUT2D eigenvalue weighted by atomic mass is 10.0. The van der Waals surface area contributed by atoms with E-state index >= 15 is 0 Å². The molecule has 0 bridgehead atoms. The predicted octanol–water partition coefficient (Wildman–Crippen LogP) is 0.362. The quantitative estimate of drug-likeness (QED) is 0.424. The highest BCUT2D eigenvalue weighted by Gasteiger charge is 2.31. The van der Waals surface area contributed by atoms with E-state index in [0.29, 0.717) is 12.1 Å². The van der Waals surface area contributed by atoms with Gasteiger partial charge in [0.15, 0.2) is 0 Å². The average Bonchev–Trinajstić information content (AvgIpc) is 1.86. The van der Waals surface area contributed by atoms with Crippen LogP contribution in [-0.4, -0.2) is 29.7 Å². The molecule has 1 atom stereocenters. The zero-order chi connectivity index (χ0) is 8.43. The topological polar surface area (TPSA) is 37.4 Å². The van der Waals surface area contributed by atoms with Crippen LogP contribution in [0.3, 0.4) is 0 Å². The van der Waals surface area contributed by atoms with Gasteiger partial charge in [0, 0.05) is 12.1 Å². The first-order valence-electron chi connectivity index (χ1n) is 3.58. The van der Waals surface area contributed by atoms with Crippen LogP contribution >= 0.6 is 0 Å². The first-order valence-corrected chi connectivity index (χ1v) is 3.58.